The van der Waals surface area contributed by atoms with E-state index in [1.54, 1.807) is 12.1 Å². The van der Waals surface area contributed by atoms with E-state index in [-0.39, 0.29) is 5.97 Å². The summed E-state index contributed by atoms with van der Waals surface area (Å²) >= 11 is 0. The summed E-state index contributed by atoms with van der Waals surface area (Å²) in [5.41, 5.74) is 3.71. The zero-order chi connectivity index (χ0) is 15.9. The molecule has 0 amide bonds. The molecule has 114 valence electrons. The number of ether oxygens (including phenoxy) is 2. The second kappa shape index (κ2) is 7.46. The number of allylic oxidation sites excluding steroid dienone is 1. The predicted molar refractivity (Wildman–Crippen MR) is 87.9 cm³/mol. The second-order valence-electron chi connectivity index (χ2n) is 5.24. The molecule has 22 heavy (non-hydrogen) atoms. The van der Waals surface area contributed by atoms with E-state index in [0.717, 1.165) is 16.9 Å². The molecular weight excluding hydrogens is 276 g/mol. The molecule has 3 heteroatoms. The summed E-state index contributed by atoms with van der Waals surface area (Å²) in [6.45, 7) is 4.51. The van der Waals surface area contributed by atoms with Gasteiger partial charge in [0.1, 0.15) is 12.4 Å². The normalized spacial score (nSPS) is 9.95. The molecule has 0 atom stereocenters. The minimum atomic E-state index is -0.341. The van der Waals surface area contributed by atoms with Crippen molar-refractivity contribution in [2.75, 3.05) is 7.11 Å². The van der Waals surface area contributed by atoms with Crippen molar-refractivity contribution in [2.24, 2.45) is 0 Å². The van der Waals surface area contributed by atoms with E-state index in [4.69, 9.17) is 9.47 Å². The Morgan fingerprint density at radius 2 is 1.86 bits per heavy atom. The van der Waals surface area contributed by atoms with Crippen LogP contribution >= 0.6 is 0 Å². The highest BCUT2D eigenvalue weighted by molar-refractivity contribution is 5.89. The van der Waals surface area contributed by atoms with Crippen LogP contribution in [0.25, 0.3) is 6.08 Å². The van der Waals surface area contributed by atoms with Gasteiger partial charge in [-0.25, -0.2) is 4.79 Å². The van der Waals surface area contributed by atoms with Gasteiger partial charge < -0.3 is 9.47 Å². The Hall–Kier alpha value is -2.55. The highest BCUT2D eigenvalue weighted by Gasteiger charge is 2.06. The van der Waals surface area contributed by atoms with Crippen LogP contribution in [0.5, 0.6) is 5.75 Å². The first-order chi connectivity index (χ1) is 10.6. The fourth-order valence-electron chi connectivity index (χ4n) is 2.11. The SMILES string of the molecule is COC(=O)c1cccc(COc2ccccc2C=C(C)C)c1. The van der Waals surface area contributed by atoms with Crippen molar-refractivity contribution in [2.45, 2.75) is 20.5 Å². The lowest BCUT2D eigenvalue weighted by molar-refractivity contribution is 0.0600. The first kappa shape index (κ1) is 15.8. The molecule has 0 radical (unpaired) electrons. The van der Waals surface area contributed by atoms with Crippen LogP contribution in [0.2, 0.25) is 0 Å². The summed E-state index contributed by atoms with van der Waals surface area (Å²) in [5, 5.41) is 0. The molecule has 0 bridgehead atoms. The van der Waals surface area contributed by atoms with E-state index in [1.165, 1.54) is 12.7 Å². The summed E-state index contributed by atoms with van der Waals surface area (Å²) in [6.07, 6.45) is 2.08. The van der Waals surface area contributed by atoms with Crippen LogP contribution < -0.4 is 4.74 Å². The molecule has 0 heterocycles. The van der Waals surface area contributed by atoms with Crippen LogP contribution in [0.1, 0.15) is 35.3 Å². The highest BCUT2D eigenvalue weighted by atomic mass is 16.5. The molecule has 0 aliphatic rings. The molecule has 0 saturated carbocycles. The number of para-hydroxylation sites is 1. The van der Waals surface area contributed by atoms with Crippen LogP contribution in [0, 0.1) is 0 Å². The second-order valence-corrected chi connectivity index (χ2v) is 5.24. The van der Waals surface area contributed by atoms with Crippen molar-refractivity contribution in [1.82, 2.24) is 0 Å². The molecule has 0 N–H and O–H groups in total. The third-order valence-corrected chi connectivity index (χ3v) is 3.11. The fraction of sp³-hybridized carbons (Fsp3) is 0.211. The average Bonchev–Trinajstić information content (AvgIpc) is 2.53. The Bertz CT molecular complexity index is 683. The van der Waals surface area contributed by atoms with E-state index in [0.29, 0.717) is 12.2 Å². The molecule has 2 rings (SSSR count). The van der Waals surface area contributed by atoms with Crippen molar-refractivity contribution in [3.63, 3.8) is 0 Å². The lowest BCUT2D eigenvalue weighted by atomic mass is 10.1. The number of hydrogen-bond acceptors (Lipinski definition) is 3. The van der Waals surface area contributed by atoms with E-state index in [9.17, 15) is 4.79 Å². The third kappa shape index (κ3) is 4.22. The minimum absolute atomic E-state index is 0.341. The first-order valence-corrected chi connectivity index (χ1v) is 7.14. The van der Waals surface area contributed by atoms with Gasteiger partial charge in [0.05, 0.1) is 12.7 Å². The quantitative estimate of drug-likeness (QED) is 0.763. The third-order valence-electron chi connectivity index (χ3n) is 3.11. The molecule has 0 unspecified atom stereocenters. The summed E-state index contributed by atoms with van der Waals surface area (Å²) in [7, 11) is 1.38. The monoisotopic (exact) mass is 296 g/mol. The van der Waals surface area contributed by atoms with Crippen LogP contribution in [0.4, 0.5) is 0 Å². The summed E-state index contributed by atoms with van der Waals surface area (Å²) in [5.74, 6) is 0.485. The van der Waals surface area contributed by atoms with Crippen LogP contribution in [-0.2, 0) is 11.3 Å². The molecule has 0 aliphatic heterocycles. The van der Waals surface area contributed by atoms with E-state index in [1.807, 2.05) is 36.4 Å². The number of rotatable bonds is 5. The van der Waals surface area contributed by atoms with Crippen LogP contribution in [-0.4, -0.2) is 13.1 Å². The lowest BCUT2D eigenvalue weighted by Crippen LogP contribution is -2.03. The van der Waals surface area contributed by atoms with Gasteiger partial charge in [-0.2, -0.15) is 0 Å². The van der Waals surface area contributed by atoms with Gasteiger partial charge in [-0.3, -0.25) is 0 Å². The van der Waals surface area contributed by atoms with Gasteiger partial charge in [0.2, 0.25) is 0 Å². The van der Waals surface area contributed by atoms with Crippen molar-refractivity contribution >= 4 is 12.0 Å². The number of hydrogen-bond donors (Lipinski definition) is 0. The highest BCUT2D eigenvalue weighted by Crippen LogP contribution is 2.22. The average molecular weight is 296 g/mol. The van der Waals surface area contributed by atoms with Gasteiger partial charge in [-0.05, 0) is 37.6 Å². The summed E-state index contributed by atoms with van der Waals surface area (Å²) < 4.78 is 10.6. The molecule has 0 aromatic heterocycles. The Balaban J connectivity index is 2.14. The van der Waals surface area contributed by atoms with Gasteiger partial charge in [-0.15, -0.1) is 0 Å². The van der Waals surface area contributed by atoms with E-state index in [2.05, 4.69) is 19.9 Å². The maximum absolute atomic E-state index is 11.5. The number of benzene rings is 2. The largest absolute Gasteiger partial charge is 0.488 e. The van der Waals surface area contributed by atoms with Gasteiger partial charge in [0.25, 0.3) is 0 Å². The molecule has 0 aliphatic carbocycles. The Morgan fingerprint density at radius 1 is 1.09 bits per heavy atom. The van der Waals surface area contributed by atoms with Crippen molar-refractivity contribution in [1.29, 1.82) is 0 Å². The lowest BCUT2D eigenvalue weighted by Gasteiger charge is -2.10. The standard InChI is InChI=1S/C19H20O3/c1-14(2)11-16-8-4-5-10-18(16)22-13-15-7-6-9-17(12-15)19(20)21-3/h4-12H,13H2,1-3H3. The number of carbonyl (C=O) groups is 1. The molecule has 2 aromatic rings. The maximum Gasteiger partial charge on any atom is 0.337 e. The maximum atomic E-state index is 11.5. The summed E-state index contributed by atoms with van der Waals surface area (Å²) in [4.78, 5) is 11.5. The molecule has 2 aromatic carbocycles. The van der Waals surface area contributed by atoms with Gasteiger partial charge >= 0.3 is 5.97 Å². The van der Waals surface area contributed by atoms with E-state index >= 15 is 0 Å². The molecule has 0 spiro atoms. The number of carbonyl (C=O) groups excluding carboxylic acids is 1. The number of esters is 1. The van der Waals surface area contributed by atoms with Gasteiger partial charge in [0.15, 0.2) is 0 Å². The smallest absolute Gasteiger partial charge is 0.337 e. The van der Waals surface area contributed by atoms with E-state index < -0.39 is 0 Å². The predicted octanol–water partition coefficient (Wildman–Crippen LogP) is 4.48. The molecule has 3 nitrogen and oxygen atoms in total. The van der Waals surface area contributed by atoms with Crippen LogP contribution in [0.3, 0.4) is 0 Å². The van der Waals surface area contributed by atoms with Gasteiger partial charge in [0, 0.05) is 5.56 Å². The Morgan fingerprint density at radius 3 is 2.59 bits per heavy atom. The fourth-order valence-corrected chi connectivity index (χ4v) is 2.11. The number of methoxy groups -OCH3 is 1. The minimum Gasteiger partial charge on any atom is -0.488 e. The molecule has 0 saturated heterocycles. The van der Waals surface area contributed by atoms with Gasteiger partial charge in [-0.1, -0.05) is 42.0 Å². The first-order valence-electron chi connectivity index (χ1n) is 7.14. The zero-order valence-corrected chi connectivity index (χ0v) is 13.1. The van der Waals surface area contributed by atoms with Crippen molar-refractivity contribution < 1.29 is 14.3 Å². The topological polar surface area (TPSA) is 35.5 Å². The van der Waals surface area contributed by atoms with Crippen molar-refractivity contribution in [3.8, 4) is 5.75 Å². The zero-order valence-electron chi connectivity index (χ0n) is 13.1. The molecule has 0 fully saturated rings. The Kier molecular flexibility index (Phi) is 5.37. The summed E-state index contributed by atoms with van der Waals surface area (Å²) in [6, 6.07) is 15.2. The van der Waals surface area contributed by atoms with Crippen LogP contribution in [0.15, 0.2) is 54.1 Å². The molecular formula is C19H20O3. The van der Waals surface area contributed by atoms with Crippen molar-refractivity contribution in [3.05, 3.63) is 70.8 Å². The Labute approximate surface area is 131 Å².